The van der Waals surface area contributed by atoms with E-state index >= 15 is 4.39 Å². The van der Waals surface area contributed by atoms with E-state index in [0.717, 1.165) is 37.7 Å². The molecule has 2 aliphatic heterocycles. The number of ether oxygens (including phenoxy) is 2. The van der Waals surface area contributed by atoms with Gasteiger partial charge in [-0.05, 0) is 87.0 Å². The molecule has 3 saturated carbocycles. The third-order valence-corrected chi connectivity index (χ3v) is 12.6. The van der Waals surface area contributed by atoms with Gasteiger partial charge in [-0.3, -0.25) is 4.79 Å². The number of epoxide rings is 1. The minimum absolute atomic E-state index is 0.00216. The number of alkyl halides is 2. The number of hydrogen-bond acceptors (Lipinski definition) is 7. The largest absolute Gasteiger partial charge is 0.458 e. The van der Waals surface area contributed by atoms with Crippen molar-refractivity contribution in [2.75, 3.05) is 12.4 Å². The Bertz CT molecular complexity index is 1380. The number of Topliss-reactive ketones (excluding diaryl/α,β-unsaturated/α-hetero) is 1. The van der Waals surface area contributed by atoms with Crippen LogP contribution >= 0.6 is 0 Å². The lowest BCUT2D eigenvalue weighted by atomic mass is 9.43. The number of ketones is 1. The van der Waals surface area contributed by atoms with Crippen LogP contribution in [0.25, 0.3) is 5.57 Å². The van der Waals surface area contributed by atoms with Gasteiger partial charge in [0.15, 0.2) is 12.0 Å². The second-order valence-electron chi connectivity index (χ2n) is 14.0. The van der Waals surface area contributed by atoms with E-state index < -0.39 is 29.8 Å². The molecule has 1 spiro atoms. The fourth-order valence-corrected chi connectivity index (χ4v) is 10.4. The number of esters is 1. The molecule has 0 bridgehead atoms. The third kappa shape index (κ3) is 3.44. The number of rotatable bonds is 4. The Balaban J connectivity index is 1.18. The first-order valence-corrected chi connectivity index (χ1v) is 15.1. The minimum atomic E-state index is -1.39. The van der Waals surface area contributed by atoms with Gasteiger partial charge in [0.2, 0.25) is 5.95 Å². The zero-order chi connectivity index (χ0) is 29.1. The van der Waals surface area contributed by atoms with Crippen LogP contribution < -0.4 is 5.73 Å². The molecule has 41 heavy (non-hydrogen) atoms. The van der Waals surface area contributed by atoms with Crippen molar-refractivity contribution >= 4 is 23.3 Å². The van der Waals surface area contributed by atoms with Crippen LogP contribution in [0.1, 0.15) is 71.8 Å². The molecule has 6 aliphatic rings. The van der Waals surface area contributed by atoms with E-state index in [1.807, 2.05) is 13.8 Å². The summed E-state index contributed by atoms with van der Waals surface area (Å²) in [5.74, 6) is 0.576. The lowest BCUT2D eigenvalue weighted by Gasteiger charge is -2.58. The molecule has 0 aromatic carbocycles. The molecule has 2 N–H and O–H groups in total. The zero-order valence-electron chi connectivity index (χ0n) is 24.2. The van der Waals surface area contributed by atoms with Crippen LogP contribution in [0.5, 0.6) is 0 Å². The highest BCUT2D eigenvalue weighted by molar-refractivity contribution is 6.25. The van der Waals surface area contributed by atoms with Crippen molar-refractivity contribution in [1.29, 1.82) is 0 Å². The highest BCUT2D eigenvalue weighted by Gasteiger charge is 2.81. The van der Waals surface area contributed by atoms with Crippen molar-refractivity contribution in [1.82, 2.24) is 9.97 Å². The Labute approximate surface area is 239 Å². The van der Waals surface area contributed by atoms with Gasteiger partial charge in [-0.1, -0.05) is 19.4 Å². The van der Waals surface area contributed by atoms with Crippen molar-refractivity contribution in [3.63, 3.8) is 0 Å². The van der Waals surface area contributed by atoms with Crippen LogP contribution in [0.2, 0.25) is 0 Å². The molecule has 7 nitrogen and oxygen atoms in total. The summed E-state index contributed by atoms with van der Waals surface area (Å²) in [5.41, 5.74) is 5.35. The summed E-state index contributed by atoms with van der Waals surface area (Å²) in [6.07, 6.45) is 7.59. The molecule has 0 radical (unpaired) electrons. The Morgan fingerprint density at radius 2 is 1.88 bits per heavy atom. The molecule has 220 valence electrons. The number of nitrogens with zero attached hydrogens (tertiary/aromatic N) is 2. The number of carbonyl (C=O) groups excluding carboxylic acids is 2. The quantitative estimate of drug-likeness (QED) is 0.393. The number of hydrogen-bond donors (Lipinski definition) is 1. The average Bonchev–Trinajstić information content (AvgIpc) is 3.58. The first-order valence-electron chi connectivity index (χ1n) is 15.1. The summed E-state index contributed by atoms with van der Waals surface area (Å²) < 4.78 is 41.5. The third-order valence-electron chi connectivity index (χ3n) is 12.6. The molecule has 3 heterocycles. The number of halogens is 2. The standard InChI is InChI=1S/C32H39F2N3O4/c1-15-9-24(40-28(39)20(15)12-33)16(2)21-5-6-22-19-11-26-32(41-26)25(34)10-18(17-13-36-29(35)37-14-17)27(38)31(32,4)23(19)7-8-30(21,22)3/h10,13-14,16,19,21-26H,5-9,11-12H2,1-4H3,(H2,35,36,37)/t16-,19-,21+,22-,23-,24?,25+,26+,30+,31-,32+/m0/s1. The maximum atomic E-state index is 16.1. The fraction of sp³-hybridized carbons (Fsp3) is 0.688. The molecular weight excluding hydrogens is 528 g/mol. The van der Waals surface area contributed by atoms with Crippen molar-refractivity contribution in [2.24, 2.45) is 40.4 Å². The van der Waals surface area contributed by atoms with E-state index in [9.17, 15) is 14.0 Å². The summed E-state index contributed by atoms with van der Waals surface area (Å²) in [7, 11) is 0. The van der Waals surface area contributed by atoms with Crippen LogP contribution in [-0.4, -0.2) is 52.4 Å². The maximum Gasteiger partial charge on any atom is 0.336 e. The lowest BCUT2D eigenvalue weighted by Crippen LogP contribution is -2.63. The number of aromatic nitrogens is 2. The van der Waals surface area contributed by atoms with Crippen LogP contribution in [0.3, 0.4) is 0 Å². The van der Waals surface area contributed by atoms with Crippen molar-refractivity contribution in [3.8, 4) is 0 Å². The van der Waals surface area contributed by atoms with Crippen LogP contribution in [0.4, 0.5) is 14.7 Å². The smallest absolute Gasteiger partial charge is 0.336 e. The molecule has 1 aromatic rings. The van der Waals surface area contributed by atoms with Gasteiger partial charge < -0.3 is 15.2 Å². The number of nitrogens with two attached hydrogens (primary N) is 1. The van der Waals surface area contributed by atoms with E-state index in [-0.39, 0.29) is 52.7 Å². The predicted octanol–water partition coefficient (Wildman–Crippen LogP) is 5.21. The maximum absolute atomic E-state index is 16.1. The topological polar surface area (TPSA) is 108 Å². The number of fused-ring (bicyclic) bond motifs is 4. The normalized spacial score (nSPS) is 45.6. The SMILES string of the molecule is CC1=C(CF)C(=O)OC([C@@H](C)[C@H]2CC[C@H]3[C@@H]4C[C@H]5O[C@]56[C@H](F)C=C(c5cnc(N)nc5)C(=O)[C@]6(C)[C@H]4CC[C@]23C)C1. The van der Waals surface area contributed by atoms with Gasteiger partial charge in [0, 0.05) is 30.0 Å². The lowest BCUT2D eigenvalue weighted by molar-refractivity contribution is -0.154. The predicted molar refractivity (Wildman–Crippen MR) is 148 cm³/mol. The summed E-state index contributed by atoms with van der Waals surface area (Å²) in [5, 5.41) is 0. The number of nitrogen functional groups attached to an aromatic ring is 1. The van der Waals surface area contributed by atoms with Crippen molar-refractivity contribution in [3.05, 3.63) is 35.2 Å². The summed E-state index contributed by atoms with van der Waals surface area (Å²) in [6.45, 7) is 7.54. The highest BCUT2D eigenvalue weighted by atomic mass is 19.1. The second kappa shape index (κ2) is 8.91. The van der Waals surface area contributed by atoms with Gasteiger partial charge >= 0.3 is 5.97 Å². The molecule has 11 atom stereocenters. The van der Waals surface area contributed by atoms with Crippen molar-refractivity contribution in [2.45, 2.75) is 90.2 Å². The van der Waals surface area contributed by atoms with Gasteiger partial charge in [0.05, 0.1) is 17.1 Å². The van der Waals surface area contributed by atoms with E-state index in [0.29, 0.717) is 29.4 Å². The number of carbonyl (C=O) groups is 2. The van der Waals surface area contributed by atoms with E-state index in [2.05, 4.69) is 23.8 Å². The molecule has 1 saturated heterocycles. The minimum Gasteiger partial charge on any atom is -0.458 e. The molecule has 9 heteroatoms. The van der Waals surface area contributed by atoms with Crippen molar-refractivity contribution < 1.29 is 27.8 Å². The van der Waals surface area contributed by atoms with Crippen LogP contribution in [-0.2, 0) is 19.1 Å². The molecule has 0 amide bonds. The summed E-state index contributed by atoms with van der Waals surface area (Å²) in [6, 6.07) is 0. The Morgan fingerprint density at radius 1 is 1.15 bits per heavy atom. The molecule has 7 rings (SSSR count). The monoisotopic (exact) mass is 567 g/mol. The summed E-state index contributed by atoms with van der Waals surface area (Å²) in [4.78, 5) is 35.0. The molecule has 4 fully saturated rings. The second-order valence-corrected chi connectivity index (χ2v) is 14.0. The number of cyclic esters (lactones) is 1. The first kappa shape index (κ1) is 27.2. The van der Waals surface area contributed by atoms with E-state index in [1.165, 1.54) is 18.5 Å². The van der Waals surface area contributed by atoms with Gasteiger partial charge in [0.1, 0.15) is 18.4 Å². The number of allylic oxidation sites excluding steroid dienone is 1. The Kier molecular flexibility index (Phi) is 5.91. The fourth-order valence-electron chi connectivity index (χ4n) is 10.4. The van der Waals surface area contributed by atoms with E-state index in [4.69, 9.17) is 15.2 Å². The molecular formula is C32H39F2N3O4. The molecule has 1 aromatic heterocycles. The highest BCUT2D eigenvalue weighted by Crippen LogP contribution is 2.74. The van der Waals surface area contributed by atoms with Gasteiger partial charge in [-0.2, -0.15) is 0 Å². The van der Waals surface area contributed by atoms with Gasteiger partial charge in [-0.25, -0.2) is 23.5 Å². The average molecular weight is 568 g/mol. The Hall–Kier alpha value is -2.68. The summed E-state index contributed by atoms with van der Waals surface area (Å²) >= 11 is 0. The van der Waals surface area contributed by atoms with Crippen LogP contribution in [0.15, 0.2) is 29.6 Å². The molecule has 4 aliphatic carbocycles. The van der Waals surface area contributed by atoms with Gasteiger partial charge in [0.25, 0.3) is 0 Å². The van der Waals surface area contributed by atoms with E-state index in [1.54, 1.807) is 0 Å². The zero-order valence-corrected chi connectivity index (χ0v) is 24.2. The number of anilines is 1. The Morgan fingerprint density at radius 3 is 2.56 bits per heavy atom. The van der Waals surface area contributed by atoms with Gasteiger partial charge in [-0.15, -0.1) is 0 Å². The van der Waals surface area contributed by atoms with Crippen LogP contribution in [0, 0.1) is 40.4 Å². The first-order chi connectivity index (χ1) is 19.5. The molecule has 1 unspecified atom stereocenters.